The van der Waals surface area contributed by atoms with Crippen LogP contribution in [0, 0.1) is 6.92 Å². The number of hydrogen-bond donors (Lipinski definition) is 1. The molecule has 1 aliphatic heterocycles. The molecule has 1 aromatic carbocycles. The van der Waals surface area contributed by atoms with E-state index < -0.39 is 11.1 Å². The molecular weight excluding hydrogens is 432 g/mol. The number of halogens is 1. The first-order valence-electron chi connectivity index (χ1n) is 10.0. The zero-order chi connectivity index (χ0) is 22.6. The first-order valence-corrected chi connectivity index (χ1v) is 11.3. The Hall–Kier alpha value is -2.64. The van der Waals surface area contributed by atoms with E-state index in [9.17, 15) is 9.59 Å². The molecule has 3 heterocycles. The van der Waals surface area contributed by atoms with Crippen LogP contribution in [-0.2, 0) is 11.3 Å². The maximum atomic E-state index is 13.8. The summed E-state index contributed by atoms with van der Waals surface area (Å²) < 4.78 is 1.65. The lowest BCUT2D eigenvalue weighted by atomic mass is 9.92. The minimum Gasteiger partial charge on any atom is -0.349 e. The molecule has 3 aromatic rings. The van der Waals surface area contributed by atoms with Gasteiger partial charge in [0.1, 0.15) is 16.9 Å². The smallest absolute Gasteiger partial charge is 0.277 e. The zero-order valence-corrected chi connectivity index (χ0v) is 19.8. The van der Waals surface area contributed by atoms with Crippen molar-refractivity contribution in [1.82, 2.24) is 15.1 Å². The SMILES string of the molecule is Cc1cc(Cl)ccc1N1C(=O)c2cc(-c3cccs3)nn2CC1(C)C(=O)NC(C)(C)C. The number of amides is 2. The predicted molar refractivity (Wildman–Crippen MR) is 125 cm³/mol. The van der Waals surface area contributed by atoms with Gasteiger partial charge in [-0.2, -0.15) is 5.10 Å². The monoisotopic (exact) mass is 456 g/mol. The molecule has 1 atom stereocenters. The molecule has 0 fully saturated rings. The molecule has 1 unspecified atom stereocenters. The molecule has 0 radical (unpaired) electrons. The van der Waals surface area contributed by atoms with E-state index >= 15 is 0 Å². The Morgan fingerprint density at radius 2 is 2.00 bits per heavy atom. The van der Waals surface area contributed by atoms with Crippen LogP contribution in [0.4, 0.5) is 5.69 Å². The molecule has 0 saturated heterocycles. The predicted octanol–water partition coefficient (Wildman–Crippen LogP) is 4.91. The number of aromatic nitrogens is 2. The number of rotatable bonds is 3. The van der Waals surface area contributed by atoms with Gasteiger partial charge in [-0.3, -0.25) is 19.2 Å². The van der Waals surface area contributed by atoms with E-state index in [1.54, 1.807) is 52.1 Å². The lowest BCUT2D eigenvalue weighted by Crippen LogP contribution is -2.66. The number of nitrogens with zero attached hydrogens (tertiary/aromatic N) is 3. The van der Waals surface area contributed by atoms with Crippen molar-refractivity contribution in [3.8, 4) is 10.6 Å². The summed E-state index contributed by atoms with van der Waals surface area (Å²) in [7, 11) is 0. The second-order valence-corrected chi connectivity index (χ2v) is 10.5. The number of carbonyl (C=O) groups is 2. The summed E-state index contributed by atoms with van der Waals surface area (Å²) in [5, 5.41) is 10.3. The van der Waals surface area contributed by atoms with Crippen molar-refractivity contribution in [2.24, 2.45) is 0 Å². The highest BCUT2D eigenvalue weighted by atomic mass is 35.5. The van der Waals surface area contributed by atoms with Crippen LogP contribution in [0.1, 0.15) is 43.7 Å². The van der Waals surface area contributed by atoms with E-state index in [0.29, 0.717) is 16.4 Å². The van der Waals surface area contributed by atoms with Gasteiger partial charge in [-0.25, -0.2) is 0 Å². The van der Waals surface area contributed by atoms with Gasteiger partial charge in [0.05, 0.1) is 11.4 Å². The third kappa shape index (κ3) is 3.88. The fourth-order valence-electron chi connectivity index (χ4n) is 3.85. The first-order chi connectivity index (χ1) is 14.5. The number of aryl methyl sites for hydroxylation is 1. The van der Waals surface area contributed by atoms with Gasteiger partial charge in [0.15, 0.2) is 0 Å². The molecule has 6 nitrogen and oxygen atoms in total. The highest BCUT2D eigenvalue weighted by molar-refractivity contribution is 7.13. The van der Waals surface area contributed by atoms with E-state index in [-0.39, 0.29) is 18.4 Å². The molecule has 2 amide bonds. The van der Waals surface area contributed by atoms with E-state index in [2.05, 4.69) is 10.4 Å². The Kier molecular flexibility index (Phi) is 5.22. The van der Waals surface area contributed by atoms with Crippen molar-refractivity contribution in [3.05, 3.63) is 58.1 Å². The molecule has 162 valence electrons. The van der Waals surface area contributed by atoms with Crippen LogP contribution in [-0.4, -0.2) is 32.7 Å². The Morgan fingerprint density at radius 3 is 2.61 bits per heavy atom. The van der Waals surface area contributed by atoms with Gasteiger partial charge in [-0.15, -0.1) is 11.3 Å². The third-order valence-corrected chi connectivity index (χ3v) is 6.43. The van der Waals surface area contributed by atoms with E-state index in [1.807, 2.05) is 45.2 Å². The lowest BCUT2D eigenvalue weighted by molar-refractivity contribution is -0.128. The second-order valence-electron chi connectivity index (χ2n) is 9.10. The summed E-state index contributed by atoms with van der Waals surface area (Å²) in [6.45, 7) is 9.68. The fraction of sp³-hybridized carbons (Fsp3) is 0.348. The lowest BCUT2D eigenvalue weighted by Gasteiger charge is -2.44. The molecule has 8 heteroatoms. The summed E-state index contributed by atoms with van der Waals surface area (Å²) >= 11 is 7.72. The van der Waals surface area contributed by atoms with Gasteiger partial charge in [0, 0.05) is 16.2 Å². The van der Waals surface area contributed by atoms with Crippen LogP contribution in [0.5, 0.6) is 0 Å². The van der Waals surface area contributed by atoms with Crippen LogP contribution in [0.3, 0.4) is 0 Å². The number of carbonyl (C=O) groups excluding carboxylic acids is 2. The van der Waals surface area contributed by atoms with Gasteiger partial charge >= 0.3 is 0 Å². The highest BCUT2D eigenvalue weighted by Crippen LogP contribution is 2.37. The average Bonchev–Trinajstić information content (AvgIpc) is 3.31. The van der Waals surface area contributed by atoms with Crippen LogP contribution >= 0.6 is 22.9 Å². The summed E-state index contributed by atoms with van der Waals surface area (Å²) in [5.74, 6) is -0.500. The summed E-state index contributed by atoms with van der Waals surface area (Å²) in [6, 6.07) is 11.1. The number of nitrogens with one attached hydrogen (secondary N) is 1. The number of benzene rings is 1. The van der Waals surface area contributed by atoms with Crippen LogP contribution in [0.15, 0.2) is 41.8 Å². The minimum atomic E-state index is -1.17. The quantitative estimate of drug-likeness (QED) is 0.609. The van der Waals surface area contributed by atoms with Gasteiger partial charge in [-0.1, -0.05) is 17.7 Å². The molecular formula is C23H25ClN4O2S. The van der Waals surface area contributed by atoms with Crippen molar-refractivity contribution in [3.63, 3.8) is 0 Å². The molecule has 4 rings (SSSR count). The molecule has 0 aliphatic carbocycles. The number of thiophene rings is 1. The fourth-order valence-corrected chi connectivity index (χ4v) is 4.76. The third-order valence-electron chi connectivity index (χ3n) is 5.30. The standard InChI is InChI=1S/C23H25ClN4O2S/c1-14-11-15(24)8-9-17(14)28-20(29)18-12-16(19-7-6-10-31-19)26-27(18)13-23(28,5)21(30)25-22(2,3)4/h6-12H,13H2,1-5H3,(H,25,30). The number of hydrogen-bond acceptors (Lipinski definition) is 4. The molecule has 0 saturated carbocycles. The van der Waals surface area contributed by atoms with Gasteiger partial charge in [-0.05, 0) is 75.9 Å². The molecule has 0 spiro atoms. The van der Waals surface area contributed by atoms with Crippen LogP contribution in [0.25, 0.3) is 10.6 Å². The van der Waals surface area contributed by atoms with E-state index in [1.165, 1.54) is 0 Å². The number of anilines is 1. The van der Waals surface area contributed by atoms with Gasteiger partial charge in [0.2, 0.25) is 5.91 Å². The second kappa shape index (κ2) is 7.50. The summed E-state index contributed by atoms with van der Waals surface area (Å²) in [4.78, 5) is 29.9. The van der Waals surface area contributed by atoms with E-state index in [0.717, 1.165) is 16.1 Å². The van der Waals surface area contributed by atoms with Crippen LogP contribution in [0.2, 0.25) is 5.02 Å². The van der Waals surface area contributed by atoms with Crippen molar-refractivity contribution in [1.29, 1.82) is 0 Å². The molecule has 1 N–H and O–H groups in total. The van der Waals surface area contributed by atoms with E-state index in [4.69, 9.17) is 11.6 Å². The minimum absolute atomic E-state index is 0.235. The Bertz CT molecular complexity index is 1160. The molecule has 31 heavy (non-hydrogen) atoms. The maximum Gasteiger partial charge on any atom is 0.277 e. The Labute approximate surface area is 190 Å². The number of fused-ring (bicyclic) bond motifs is 1. The largest absolute Gasteiger partial charge is 0.349 e. The van der Waals surface area contributed by atoms with Gasteiger partial charge in [0.25, 0.3) is 5.91 Å². The van der Waals surface area contributed by atoms with Crippen molar-refractivity contribution in [2.75, 3.05) is 4.90 Å². The van der Waals surface area contributed by atoms with Crippen molar-refractivity contribution >= 4 is 40.4 Å². The molecule has 2 aromatic heterocycles. The highest BCUT2D eigenvalue weighted by Gasteiger charge is 2.50. The average molecular weight is 457 g/mol. The summed E-state index contributed by atoms with van der Waals surface area (Å²) in [5.41, 5.74) is 1.05. The maximum absolute atomic E-state index is 13.8. The van der Waals surface area contributed by atoms with Crippen LogP contribution < -0.4 is 10.2 Å². The van der Waals surface area contributed by atoms with Gasteiger partial charge < -0.3 is 5.32 Å². The first kappa shape index (κ1) is 21.6. The topological polar surface area (TPSA) is 67.2 Å². The van der Waals surface area contributed by atoms with Crippen molar-refractivity contribution in [2.45, 2.75) is 52.2 Å². The molecule has 1 aliphatic rings. The Morgan fingerprint density at radius 1 is 1.26 bits per heavy atom. The zero-order valence-electron chi connectivity index (χ0n) is 18.2. The van der Waals surface area contributed by atoms with Crippen molar-refractivity contribution < 1.29 is 9.59 Å². The molecule has 0 bridgehead atoms. The summed E-state index contributed by atoms with van der Waals surface area (Å²) in [6.07, 6.45) is 0. The normalized spacial score (nSPS) is 18.8. The Balaban J connectivity index is 1.87.